The van der Waals surface area contributed by atoms with Crippen LogP contribution in [-0.4, -0.2) is 17.3 Å². The lowest BCUT2D eigenvalue weighted by atomic mass is 10.0. The normalized spacial score (nSPS) is 15.2. The maximum absolute atomic E-state index is 12.1. The molecule has 0 saturated heterocycles. The van der Waals surface area contributed by atoms with E-state index in [-0.39, 0.29) is 5.91 Å². The first-order chi connectivity index (χ1) is 9.65. The van der Waals surface area contributed by atoms with E-state index >= 15 is 0 Å². The van der Waals surface area contributed by atoms with Crippen molar-refractivity contribution < 1.29 is 4.79 Å². The van der Waals surface area contributed by atoms with Gasteiger partial charge in [-0.3, -0.25) is 4.79 Å². The van der Waals surface area contributed by atoms with E-state index in [1.165, 1.54) is 24.0 Å². The number of halogens is 1. The highest BCUT2D eigenvalue weighted by Gasteiger charge is 2.24. The number of hydrogen-bond donors (Lipinski definition) is 0. The molecular formula is C17H24BrNO. The Morgan fingerprint density at radius 2 is 2.15 bits per heavy atom. The predicted octanol–water partition coefficient (Wildman–Crippen LogP) is 4.48. The summed E-state index contributed by atoms with van der Waals surface area (Å²) in [5.74, 6) is 0.267. The molecule has 0 bridgehead atoms. The Hall–Kier alpha value is -0.830. The second-order valence-electron chi connectivity index (χ2n) is 5.60. The fourth-order valence-corrected chi connectivity index (χ4v) is 3.69. The minimum Gasteiger partial charge on any atom is -0.312 e. The van der Waals surface area contributed by atoms with Gasteiger partial charge in [0.05, 0.1) is 0 Å². The molecule has 2 nitrogen and oxygen atoms in total. The smallest absolute Gasteiger partial charge is 0.226 e. The number of benzene rings is 1. The average molecular weight is 338 g/mol. The van der Waals surface area contributed by atoms with Gasteiger partial charge in [0, 0.05) is 23.5 Å². The molecule has 0 aromatic heterocycles. The van der Waals surface area contributed by atoms with Crippen LogP contribution in [0.15, 0.2) is 18.2 Å². The molecule has 3 heteroatoms. The second-order valence-corrected chi connectivity index (χ2v) is 6.89. The number of anilines is 1. The standard InChI is InChI=1S/C17H24BrNO/c1-3-5-15(18)12-13-7-8-16-14(11-13)9-10-19(16)17(20)6-4-2/h7-8,11,15H,3-6,9-10,12H2,1-2H3. The van der Waals surface area contributed by atoms with E-state index in [0.717, 1.165) is 31.5 Å². The molecule has 1 unspecified atom stereocenters. The van der Waals surface area contributed by atoms with Gasteiger partial charge in [0.2, 0.25) is 5.91 Å². The van der Waals surface area contributed by atoms with E-state index < -0.39 is 0 Å². The molecule has 1 atom stereocenters. The first-order valence-electron chi connectivity index (χ1n) is 7.72. The van der Waals surface area contributed by atoms with Crippen LogP contribution in [0.4, 0.5) is 5.69 Å². The van der Waals surface area contributed by atoms with Crippen molar-refractivity contribution in [2.45, 2.75) is 57.2 Å². The van der Waals surface area contributed by atoms with Gasteiger partial charge in [-0.15, -0.1) is 0 Å². The van der Waals surface area contributed by atoms with Gasteiger partial charge in [-0.2, -0.15) is 0 Å². The van der Waals surface area contributed by atoms with E-state index in [1.54, 1.807) is 0 Å². The number of rotatable bonds is 6. The number of nitrogens with zero attached hydrogens (tertiary/aromatic N) is 1. The molecule has 2 rings (SSSR count). The van der Waals surface area contributed by atoms with E-state index in [1.807, 2.05) is 4.90 Å². The van der Waals surface area contributed by atoms with Gasteiger partial charge in [0.15, 0.2) is 0 Å². The summed E-state index contributed by atoms with van der Waals surface area (Å²) >= 11 is 3.75. The van der Waals surface area contributed by atoms with Crippen molar-refractivity contribution in [2.24, 2.45) is 0 Å². The number of alkyl halides is 1. The van der Waals surface area contributed by atoms with Crippen molar-refractivity contribution in [3.05, 3.63) is 29.3 Å². The van der Waals surface area contributed by atoms with Crippen molar-refractivity contribution in [1.29, 1.82) is 0 Å². The number of carbonyl (C=O) groups excluding carboxylic acids is 1. The van der Waals surface area contributed by atoms with Gasteiger partial charge < -0.3 is 4.90 Å². The number of amides is 1. The average Bonchev–Trinajstić information content (AvgIpc) is 2.82. The topological polar surface area (TPSA) is 20.3 Å². The van der Waals surface area contributed by atoms with E-state index in [2.05, 4.69) is 48.0 Å². The number of hydrogen-bond acceptors (Lipinski definition) is 1. The molecule has 20 heavy (non-hydrogen) atoms. The maximum Gasteiger partial charge on any atom is 0.226 e. The Morgan fingerprint density at radius 1 is 1.35 bits per heavy atom. The van der Waals surface area contributed by atoms with Gasteiger partial charge in [0.25, 0.3) is 0 Å². The Bertz CT molecular complexity index is 472. The van der Waals surface area contributed by atoms with Crippen molar-refractivity contribution in [1.82, 2.24) is 0 Å². The van der Waals surface area contributed by atoms with E-state index in [9.17, 15) is 4.79 Å². The van der Waals surface area contributed by atoms with Crippen LogP contribution in [-0.2, 0) is 17.6 Å². The zero-order valence-corrected chi connectivity index (χ0v) is 14.1. The molecule has 0 fully saturated rings. The molecule has 0 saturated carbocycles. The van der Waals surface area contributed by atoms with E-state index in [4.69, 9.17) is 0 Å². The van der Waals surface area contributed by atoms with Crippen LogP contribution in [0.2, 0.25) is 0 Å². The fourth-order valence-electron chi connectivity index (χ4n) is 2.86. The Labute approximate surface area is 130 Å². The summed E-state index contributed by atoms with van der Waals surface area (Å²) in [7, 11) is 0. The van der Waals surface area contributed by atoms with Crippen LogP contribution in [0.5, 0.6) is 0 Å². The van der Waals surface area contributed by atoms with Crippen molar-refractivity contribution in [2.75, 3.05) is 11.4 Å². The first kappa shape index (κ1) is 15.6. The van der Waals surface area contributed by atoms with Gasteiger partial charge in [-0.25, -0.2) is 0 Å². The van der Waals surface area contributed by atoms with Gasteiger partial charge in [-0.05, 0) is 42.9 Å². The summed E-state index contributed by atoms with van der Waals surface area (Å²) in [5.41, 5.74) is 3.85. The number of fused-ring (bicyclic) bond motifs is 1. The lowest BCUT2D eigenvalue weighted by Crippen LogP contribution is -2.28. The molecule has 0 spiro atoms. The minimum absolute atomic E-state index is 0.267. The van der Waals surface area contributed by atoms with Gasteiger partial charge in [-0.1, -0.05) is 48.3 Å². The van der Waals surface area contributed by atoms with Crippen LogP contribution < -0.4 is 4.90 Å². The Morgan fingerprint density at radius 3 is 2.85 bits per heavy atom. The van der Waals surface area contributed by atoms with Crippen molar-refractivity contribution >= 4 is 27.5 Å². The summed E-state index contributed by atoms with van der Waals surface area (Å²) in [6.45, 7) is 5.13. The highest BCUT2D eigenvalue weighted by Crippen LogP contribution is 2.30. The third-order valence-electron chi connectivity index (χ3n) is 3.86. The molecule has 0 radical (unpaired) electrons. The maximum atomic E-state index is 12.1. The van der Waals surface area contributed by atoms with Crippen LogP contribution in [0.25, 0.3) is 0 Å². The van der Waals surface area contributed by atoms with Crippen LogP contribution >= 0.6 is 15.9 Å². The molecular weight excluding hydrogens is 314 g/mol. The summed E-state index contributed by atoms with van der Waals surface area (Å²) in [6, 6.07) is 6.61. The zero-order chi connectivity index (χ0) is 14.5. The summed E-state index contributed by atoms with van der Waals surface area (Å²) in [4.78, 5) is 14.6. The lowest BCUT2D eigenvalue weighted by Gasteiger charge is -2.17. The van der Waals surface area contributed by atoms with Crippen molar-refractivity contribution in [3.63, 3.8) is 0 Å². The van der Waals surface area contributed by atoms with Gasteiger partial charge >= 0.3 is 0 Å². The third kappa shape index (κ3) is 3.63. The molecule has 110 valence electrons. The van der Waals surface area contributed by atoms with Crippen LogP contribution in [0.3, 0.4) is 0 Å². The minimum atomic E-state index is 0.267. The monoisotopic (exact) mass is 337 g/mol. The summed E-state index contributed by atoms with van der Waals surface area (Å²) < 4.78 is 0. The van der Waals surface area contributed by atoms with Crippen LogP contribution in [0, 0.1) is 0 Å². The van der Waals surface area contributed by atoms with E-state index in [0.29, 0.717) is 11.2 Å². The zero-order valence-electron chi connectivity index (χ0n) is 12.5. The van der Waals surface area contributed by atoms with Crippen molar-refractivity contribution in [3.8, 4) is 0 Å². The lowest BCUT2D eigenvalue weighted by molar-refractivity contribution is -0.118. The highest BCUT2D eigenvalue weighted by molar-refractivity contribution is 9.09. The van der Waals surface area contributed by atoms with Gasteiger partial charge in [0.1, 0.15) is 0 Å². The molecule has 1 aromatic rings. The molecule has 1 aliphatic rings. The Balaban J connectivity index is 2.08. The second kappa shape index (κ2) is 7.26. The number of carbonyl (C=O) groups is 1. The molecule has 0 N–H and O–H groups in total. The predicted molar refractivity (Wildman–Crippen MR) is 88.7 cm³/mol. The molecule has 1 aromatic carbocycles. The largest absolute Gasteiger partial charge is 0.312 e. The third-order valence-corrected chi connectivity index (χ3v) is 4.65. The molecule has 1 aliphatic heterocycles. The summed E-state index contributed by atoms with van der Waals surface area (Å²) in [6.07, 6.45) is 6.06. The molecule has 1 heterocycles. The quantitative estimate of drug-likeness (QED) is 0.700. The summed E-state index contributed by atoms with van der Waals surface area (Å²) in [5, 5.41) is 0. The first-order valence-corrected chi connectivity index (χ1v) is 8.63. The fraction of sp³-hybridized carbons (Fsp3) is 0.588. The SMILES string of the molecule is CCCC(=O)N1CCc2cc(CC(Br)CCC)ccc21. The highest BCUT2D eigenvalue weighted by atomic mass is 79.9. The van der Waals surface area contributed by atoms with Crippen LogP contribution in [0.1, 0.15) is 50.7 Å². The Kier molecular flexibility index (Phi) is 5.64. The molecule has 1 amide bonds. The molecule has 0 aliphatic carbocycles.